The van der Waals surface area contributed by atoms with E-state index >= 15 is 0 Å². The SMILES string of the molecule is CC(=O)N1CCC[C@@H]1[C@H]1CCCN1C[C@H](O)COc1ccc(C)cc1. The zero-order valence-corrected chi connectivity index (χ0v) is 15.4. The van der Waals surface area contributed by atoms with Crippen molar-refractivity contribution >= 4 is 5.91 Å². The van der Waals surface area contributed by atoms with Crippen LogP contribution in [0.1, 0.15) is 38.2 Å². The van der Waals surface area contributed by atoms with Gasteiger partial charge in [0.05, 0.1) is 0 Å². The molecule has 2 aliphatic heterocycles. The third-order valence-electron chi connectivity index (χ3n) is 5.47. The van der Waals surface area contributed by atoms with Crippen molar-refractivity contribution in [3.8, 4) is 5.75 Å². The Balaban J connectivity index is 1.52. The fraction of sp³-hybridized carbons (Fsp3) is 0.650. The summed E-state index contributed by atoms with van der Waals surface area (Å²) in [6.07, 6.45) is 3.90. The molecule has 5 nitrogen and oxygen atoms in total. The Morgan fingerprint density at radius 2 is 1.88 bits per heavy atom. The molecule has 138 valence electrons. The van der Waals surface area contributed by atoms with Crippen LogP contribution in [0.2, 0.25) is 0 Å². The van der Waals surface area contributed by atoms with Crippen molar-refractivity contribution in [3.63, 3.8) is 0 Å². The van der Waals surface area contributed by atoms with E-state index in [4.69, 9.17) is 4.74 Å². The van der Waals surface area contributed by atoms with Gasteiger partial charge < -0.3 is 14.7 Å². The first-order chi connectivity index (χ1) is 12.0. The molecule has 2 fully saturated rings. The van der Waals surface area contributed by atoms with Crippen molar-refractivity contribution in [2.24, 2.45) is 0 Å². The minimum Gasteiger partial charge on any atom is -0.491 e. The van der Waals surface area contributed by atoms with Gasteiger partial charge in [-0.15, -0.1) is 0 Å². The molecule has 2 saturated heterocycles. The first-order valence-electron chi connectivity index (χ1n) is 9.43. The van der Waals surface area contributed by atoms with Gasteiger partial charge in [0.15, 0.2) is 0 Å². The summed E-state index contributed by atoms with van der Waals surface area (Å²) in [5.41, 5.74) is 1.19. The number of amides is 1. The van der Waals surface area contributed by atoms with Crippen LogP contribution in [0.5, 0.6) is 5.75 Å². The first-order valence-corrected chi connectivity index (χ1v) is 9.43. The highest BCUT2D eigenvalue weighted by Crippen LogP contribution is 2.30. The third-order valence-corrected chi connectivity index (χ3v) is 5.47. The number of likely N-dealkylation sites (tertiary alicyclic amines) is 2. The van der Waals surface area contributed by atoms with E-state index in [-0.39, 0.29) is 5.91 Å². The summed E-state index contributed by atoms with van der Waals surface area (Å²) >= 11 is 0. The van der Waals surface area contributed by atoms with E-state index in [9.17, 15) is 9.90 Å². The van der Waals surface area contributed by atoms with Crippen molar-refractivity contribution in [3.05, 3.63) is 29.8 Å². The Morgan fingerprint density at radius 1 is 1.20 bits per heavy atom. The Bertz CT molecular complexity index is 575. The van der Waals surface area contributed by atoms with Crippen molar-refractivity contribution in [2.75, 3.05) is 26.2 Å². The number of carbonyl (C=O) groups is 1. The lowest BCUT2D eigenvalue weighted by Crippen LogP contribution is -2.49. The number of rotatable bonds is 6. The highest BCUT2D eigenvalue weighted by molar-refractivity contribution is 5.74. The third kappa shape index (κ3) is 4.53. The summed E-state index contributed by atoms with van der Waals surface area (Å²) in [5, 5.41) is 10.4. The van der Waals surface area contributed by atoms with E-state index in [1.807, 2.05) is 36.1 Å². The second kappa shape index (κ2) is 8.19. The van der Waals surface area contributed by atoms with Crippen LogP contribution in [0.4, 0.5) is 0 Å². The van der Waals surface area contributed by atoms with Crippen LogP contribution in [0, 0.1) is 6.92 Å². The van der Waals surface area contributed by atoms with E-state index in [1.54, 1.807) is 6.92 Å². The van der Waals surface area contributed by atoms with E-state index < -0.39 is 6.10 Å². The van der Waals surface area contributed by atoms with E-state index in [2.05, 4.69) is 4.90 Å². The maximum atomic E-state index is 11.9. The summed E-state index contributed by atoms with van der Waals surface area (Å²) in [6, 6.07) is 8.57. The van der Waals surface area contributed by atoms with Gasteiger partial charge in [-0.05, 0) is 51.3 Å². The molecule has 1 aromatic carbocycles. The Morgan fingerprint density at radius 3 is 2.60 bits per heavy atom. The molecule has 25 heavy (non-hydrogen) atoms. The van der Waals surface area contributed by atoms with Crippen LogP contribution in [0.3, 0.4) is 0 Å². The molecule has 2 aliphatic rings. The minimum atomic E-state index is -0.519. The molecular weight excluding hydrogens is 316 g/mol. The predicted octanol–water partition coefficient (Wildman–Crippen LogP) is 2.21. The number of carbonyl (C=O) groups excluding carboxylic acids is 1. The fourth-order valence-electron chi connectivity index (χ4n) is 4.25. The van der Waals surface area contributed by atoms with Crippen LogP contribution in [-0.2, 0) is 4.79 Å². The Kier molecular flexibility index (Phi) is 5.97. The van der Waals surface area contributed by atoms with Gasteiger partial charge in [0.1, 0.15) is 18.5 Å². The van der Waals surface area contributed by atoms with Gasteiger partial charge in [0.25, 0.3) is 0 Å². The highest BCUT2D eigenvalue weighted by Gasteiger charge is 2.39. The molecule has 3 rings (SSSR count). The van der Waals surface area contributed by atoms with Gasteiger partial charge in [-0.3, -0.25) is 9.69 Å². The average Bonchev–Trinajstić information content (AvgIpc) is 3.22. The average molecular weight is 346 g/mol. The summed E-state index contributed by atoms with van der Waals surface area (Å²) in [5.74, 6) is 0.971. The number of benzene rings is 1. The van der Waals surface area contributed by atoms with Crippen LogP contribution >= 0.6 is 0 Å². The van der Waals surface area contributed by atoms with Gasteiger partial charge in [0.2, 0.25) is 5.91 Å². The highest BCUT2D eigenvalue weighted by atomic mass is 16.5. The number of aliphatic hydroxyl groups excluding tert-OH is 1. The number of aryl methyl sites for hydroxylation is 1. The first kappa shape index (κ1) is 18.2. The second-order valence-electron chi connectivity index (χ2n) is 7.40. The van der Waals surface area contributed by atoms with E-state index in [1.165, 1.54) is 5.56 Å². The molecule has 3 atom stereocenters. The molecule has 0 aromatic heterocycles. The standard InChI is InChI=1S/C20H30N2O3/c1-15-7-9-18(10-8-15)25-14-17(24)13-21-11-3-5-19(21)20-6-4-12-22(20)16(2)23/h7-10,17,19-20,24H,3-6,11-14H2,1-2H3/t17-,19+,20+/m0/s1. The fourth-order valence-corrected chi connectivity index (χ4v) is 4.25. The smallest absolute Gasteiger partial charge is 0.219 e. The van der Waals surface area contributed by atoms with Gasteiger partial charge in [0, 0.05) is 32.1 Å². The molecule has 1 amide bonds. The zero-order chi connectivity index (χ0) is 17.8. The normalized spacial score (nSPS) is 25.3. The maximum absolute atomic E-state index is 11.9. The number of β-amino-alcohol motifs (C(OH)–C–C–N with tert-alkyl or cyclic N) is 1. The van der Waals surface area contributed by atoms with Crippen molar-refractivity contribution < 1.29 is 14.6 Å². The Hall–Kier alpha value is -1.59. The van der Waals surface area contributed by atoms with Gasteiger partial charge >= 0.3 is 0 Å². The molecule has 1 aromatic rings. The lowest BCUT2D eigenvalue weighted by atomic mass is 10.0. The number of aliphatic hydroxyl groups is 1. The summed E-state index contributed by atoms with van der Waals surface area (Å²) in [7, 11) is 0. The number of nitrogens with zero attached hydrogens (tertiary/aromatic N) is 2. The van der Waals surface area contributed by atoms with Crippen LogP contribution in [0.15, 0.2) is 24.3 Å². The summed E-state index contributed by atoms with van der Waals surface area (Å²) in [4.78, 5) is 16.2. The quantitative estimate of drug-likeness (QED) is 0.858. The van der Waals surface area contributed by atoms with Crippen molar-refractivity contribution in [1.82, 2.24) is 9.80 Å². The molecule has 2 heterocycles. The van der Waals surface area contributed by atoms with Crippen molar-refractivity contribution in [1.29, 1.82) is 0 Å². The number of hydrogen-bond donors (Lipinski definition) is 1. The molecular formula is C20H30N2O3. The van der Waals surface area contributed by atoms with Crippen LogP contribution in [-0.4, -0.2) is 65.2 Å². The molecule has 5 heteroatoms. The monoisotopic (exact) mass is 346 g/mol. The summed E-state index contributed by atoms with van der Waals surface area (Å²) < 4.78 is 5.71. The molecule has 0 bridgehead atoms. The van der Waals surface area contributed by atoms with Gasteiger partial charge in [-0.2, -0.15) is 0 Å². The lowest BCUT2D eigenvalue weighted by molar-refractivity contribution is -0.130. The maximum Gasteiger partial charge on any atom is 0.219 e. The minimum absolute atomic E-state index is 0.178. The molecule has 0 radical (unpaired) electrons. The second-order valence-corrected chi connectivity index (χ2v) is 7.40. The van der Waals surface area contributed by atoms with Crippen LogP contribution < -0.4 is 4.74 Å². The molecule has 0 unspecified atom stereocenters. The van der Waals surface area contributed by atoms with Gasteiger partial charge in [-0.25, -0.2) is 0 Å². The van der Waals surface area contributed by atoms with E-state index in [0.29, 0.717) is 25.2 Å². The molecule has 1 N–H and O–H groups in total. The zero-order valence-electron chi connectivity index (χ0n) is 15.4. The molecule has 0 saturated carbocycles. The topological polar surface area (TPSA) is 53.0 Å². The van der Waals surface area contributed by atoms with Crippen LogP contribution in [0.25, 0.3) is 0 Å². The molecule has 0 spiro atoms. The lowest BCUT2D eigenvalue weighted by Gasteiger charge is -2.35. The summed E-state index contributed by atoms with van der Waals surface area (Å²) in [6.45, 7) is 6.49. The number of ether oxygens (including phenoxy) is 1. The van der Waals surface area contributed by atoms with Gasteiger partial charge in [-0.1, -0.05) is 17.7 Å². The van der Waals surface area contributed by atoms with Crippen molar-refractivity contribution in [2.45, 2.75) is 57.7 Å². The largest absolute Gasteiger partial charge is 0.491 e. The Labute approximate surface area is 150 Å². The van der Waals surface area contributed by atoms with E-state index in [0.717, 1.165) is 44.5 Å². The predicted molar refractivity (Wildman–Crippen MR) is 97.7 cm³/mol. The molecule has 0 aliphatic carbocycles. The number of hydrogen-bond acceptors (Lipinski definition) is 4.